The fourth-order valence-corrected chi connectivity index (χ4v) is 0.978. The summed E-state index contributed by atoms with van der Waals surface area (Å²) in [6, 6.07) is 0. The topological polar surface area (TPSA) is 70.1 Å². The Balaban J connectivity index is 3.51. The van der Waals surface area contributed by atoms with E-state index in [-0.39, 0.29) is 17.9 Å². The van der Waals surface area contributed by atoms with Gasteiger partial charge in [0, 0.05) is 6.42 Å². The third-order valence-corrected chi connectivity index (χ3v) is 1.94. The van der Waals surface area contributed by atoms with Crippen molar-refractivity contribution in [3.05, 3.63) is 0 Å². The lowest BCUT2D eigenvalue weighted by Crippen LogP contribution is -2.19. The summed E-state index contributed by atoms with van der Waals surface area (Å²) in [5, 5.41) is 16.3. The van der Waals surface area contributed by atoms with Gasteiger partial charge in [-0.2, -0.15) is 0 Å². The minimum absolute atomic E-state index is 0.208. The smallest absolute Gasteiger partial charge is 0.0905 e. The molecule has 0 bridgehead atoms. The van der Waals surface area contributed by atoms with Gasteiger partial charge in [-0.25, -0.2) is 0 Å². The number of hydrogen-bond acceptors (Lipinski definition) is 2. The molecule has 3 heteroatoms. The molecule has 0 amide bonds. The van der Waals surface area contributed by atoms with Gasteiger partial charge in [0.1, 0.15) is 0 Å². The third kappa shape index (κ3) is 4.79. The molecule has 66 valence electrons. The van der Waals surface area contributed by atoms with Gasteiger partial charge in [0.25, 0.3) is 0 Å². The van der Waals surface area contributed by atoms with E-state index in [1.165, 1.54) is 0 Å². The monoisotopic (exact) mass is 158 g/mol. The van der Waals surface area contributed by atoms with Crippen LogP contribution in [0.4, 0.5) is 0 Å². The van der Waals surface area contributed by atoms with Crippen LogP contribution in [0.1, 0.15) is 33.1 Å². The van der Waals surface area contributed by atoms with Gasteiger partial charge in [-0.05, 0) is 18.8 Å². The Morgan fingerprint density at radius 3 is 2.55 bits per heavy atom. The minimum Gasteiger partial charge on any atom is -0.393 e. The van der Waals surface area contributed by atoms with Crippen LogP contribution in [0.3, 0.4) is 0 Å². The quantitative estimate of drug-likeness (QED) is 0.414. The van der Waals surface area contributed by atoms with Crippen molar-refractivity contribution in [3.8, 4) is 0 Å². The summed E-state index contributed by atoms with van der Waals surface area (Å²) in [5.41, 5.74) is 5.18. The zero-order chi connectivity index (χ0) is 8.85. The van der Waals surface area contributed by atoms with Gasteiger partial charge in [-0.1, -0.05) is 13.8 Å². The number of nitrogens with one attached hydrogen (secondary N) is 1. The second-order valence-corrected chi connectivity index (χ2v) is 3.02. The Hall–Kier alpha value is -0.570. The molecule has 0 aliphatic carbocycles. The number of hydrogen-bond donors (Lipinski definition) is 3. The molecule has 0 aromatic rings. The highest BCUT2D eigenvalue weighted by atomic mass is 16.3. The van der Waals surface area contributed by atoms with E-state index in [0.29, 0.717) is 6.42 Å². The van der Waals surface area contributed by atoms with E-state index >= 15 is 0 Å². The van der Waals surface area contributed by atoms with Crippen molar-refractivity contribution in [3.63, 3.8) is 0 Å². The normalized spacial score (nSPS) is 15.9. The number of rotatable bonds is 5. The van der Waals surface area contributed by atoms with Gasteiger partial charge in [0.15, 0.2) is 0 Å². The van der Waals surface area contributed by atoms with E-state index < -0.39 is 0 Å². The zero-order valence-corrected chi connectivity index (χ0v) is 7.30. The fraction of sp³-hybridized carbons (Fsp3) is 0.875. The van der Waals surface area contributed by atoms with Crippen LogP contribution in [0.2, 0.25) is 0 Å². The van der Waals surface area contributed by atoms with Gasteiger partial charge < -0.3 is 10.8 Å². The highest BCUT2D eigenvalue weighted by molar-refractivity contribution is 5.76. The average molecular weight is 158 g/mol. The van der Waals surface area contributed by atoms with Gasteiger partial charge in [0.2, 0.25) is 0 Å². The number of amidine groups is 1. The summed E-state index contributed by atoms with van der Waals surface area (Å²) >= 11 is 0. The largest absolute Gasteiger partial charge is 0.393 e. The molecule has 0 aliphatic heterocycles. The van der Waals surface area contributed by atoms with Gasteiger partial charge >= 0.3 is 0 Å². The minimum atomic E-state index is -0.241. The highest BCUT2D eigenvalue weighted by Crippen LogP contribution is 2.12. The molecule has 0 aromatic carbocycles. The summed E-state index contributed by atoms with van der Waals surface area (Å²) in [4.78, 5) is 0. The molecule has 0 heterocycles. The van der Waals surface area contributed by atoms with Crippen LogP contribution in [0, 0.1) is 11.3 Å². The highest BCUT2D eigenvalue weighted by Gasteiger charge is 2.11. The first kappa shape index (κ1) is 10.4. The van der Waals surface area contributed by atoms with Crippen LogP contribution in [0.5, 0.6) is 0 Å². The van der Waals surface area contributed by atoms with Crippen molar-refractivity contribution in [2.24, 2.45) is 11.7 Å². The van der Waals surface area contributed by atoms with Crippen LogP contribution in [-0.4, -0.2) is 17.0 Å². The van der Waals surface area contributed by atoms with Crippen LogP contribution in [0.25, 0.3) is 0 Å². The Kier molecular flexibility index (Phi) is 4.86. The average Bonchev–Trinajstić information content (AvgIpc) is 1.98. The van der Waals surface area contributed by atoms with Gasteiger partial charge in [0.05, 0.1) is 11.9 Å². The van der Waals surface area contributed by atoms with Crippen molar-refractivity contribution in [2.75, 3.05) is 0 Å². The summed E-state index contributed by atoms with van der Waals surface area (Å²) < 4.78 is 0. The lowest BCUT2D eigenvalue weighted by molar-refractivity contribution is 0.109. The standard InChI is InChI=1S/C8H18N2O/c1-3-7(11)6(2)4-5-8(9)10/h6-7,11H,3-5H2,1-2H3,(H3,9,10). The van der Waals surface area contributed by atoms with Crippen LogP contribution < -0.4 is 5.73 Å². The molecule has 4 N–H and O–H groups in total. The first-order valence-electron chi connectivity index (χ1n) is 4.08. The lowest BCUT2D eigenvalue weighted by atomic mass is 9.97. The van der Waals surface area contributed by atoms with Gasteiger partial charge in [-0.15, -0.1) is 0 Å². The molecule has 0 spiro atoms. The molecule has 0 aromatic heterocycles. The van der Waals surface area contributed by atoms with Crippen LogP contribution >= 0.6 is 0 Å². The third-order valence-electron chi connectivity index (χ3n) is 1.94. The summed E-state index contributed by atoms with van der Waals surface area (Å²) in [6.45, 7) is 3.94. The van der Waals surface area contributed by atoms with Crippen molar-refractivity contribution in [2.45, 2.75) is 39.2 Å². The molecule has 2 unspecified atom stereocenters. The fourth-order valence-electron chi connectivity index (χ4n) is 0.978. The van der Waals surface area contributed by atoms with Crippen molar-refractivity contribution >= 4 is 5.84 Å². The van der Waals surface area contributed by atoms with Crippen molar-refractivity contribution < 1.29 is 5.11 Å². The summed E-state index contributed by atoms with van der Waals surface area (Å²) in [5.74, 6) is 0.462. The first-order valence-corrected chi connectivity index (χ1v) is 4.08. The molecule has 11 heavy (non-hydrogen) atoms. The molecule has 0 saturated heterocycles. The maximum atomic E-state index is 9.33. The lowest BCUT2D eigenvalue weighted by Gasteiger charge is -2.16. The molecule has 2 atom stereocenters. The number of nitrogens with two attached hydrogens (primary N) is 1. The SMILES string of the molecule is CCC(O)C(C)CCC(=N)N. The number of aliphatic hydroxyl groups is 1. The molecular formula is C8H18N2O. The Morgan fingerprint density at radius 2 is 2.18 bits per heavy atom. The molecule has 0 saturated carbocycles. The van der Waals surface area contributed by atoms with E-state index in [0.717, 1.165) is 12.8 Å². The van der Waals surface area contributed by atoms with E-state index in [2.05, 4.69) is 0 Å². The van der Waals surface area contributed by atoms with E-state index in [1.54, 1.807) is 0 Å². The van der Waals surface area contributed by atoms with Gasteiger partial charge in [-0.3, -0.25) is 5.41 Å². The summed E-state index contributed by atoms with van der Waals surface area (Å²) in [7, 11) is 0. The van der Waals surface area contributed by atoms with E-state index in [4.69, 9.17) is 11.1 Å². The van der Waals surface area contributed by atoms with Crippen molar-refractivity contribution in [1.29, 1.82) is 5.41 Å². The molecule has 0 aliphatic rings. The predicted molar refractivity (Wildman–Crippen MR) is 46.6 cm³/mol. The molecule has 0 radical (unpaired) electrons. The van der Waals surface area contributed by atoms with E-state index in [9.17, 15) is 5.11 Å². The maximum Gasteiger partial charge on any atom is 0.0905 e. The van der Waals surface area contributed by atoms with E-state index in [1.807, 2.05) is 13.8 Å². The molecule has 0 rings (SSSR count). The predicted octanol–water partition coefficient (Wildman–Crippen LogP) is 1.11. The molecular weight excluding hydrogens is 140 g/mol. The molecule has 0 fully saturated rings. The second kappa shape index (κ2) is 5.13. The second-order valence-electron chi connectivity index (χ2n) is 3.02. The van der Waals surface area contributed by atoms with Crippen LogP contribution in [-0.2, 0) is 0 Å². The summed E-state index contributed by atoms with van der Waals surface area (Å²) in [6.07, 6.45) is 1.94. The number of aliphatic hydroxyl groups excluding tert-OH is 1. The Morgan fingerprint density at radius 1 is 1.64 bits per heavy atom. The molecule has 3 nitrogen and oxygen atoms in total. The van der Waals surface area contributed by atoms with Crippen molar-refractivity contribution in [1.82, 2.24) is 0 Å². The Bertz CT molecular complexity index is 125. The zero-order valence-electron chi connectivity index (χ0n) is 7.30. The Labute approximate surface area is 68.1 Å². The first-order chi connectivity index (χ1) is 5.07. The van der Waals surface area contributed by atoms with Crippen LogP contribution in [0.15, 0.2) is 0 Å². The maximum absolute atomic E-state index is 9.33.